The Labute approximate surface area is 147 Å². The first-order valence-electron chi connectivity index (χ1n) is 9.03. The maximum Gasteiger partial charge on any atom is 0.338 e. The Bertz CT molecular complexity index is 396. The van der Waals surface area contributed by atoms with Crippen molar-refractivity contribution in [2.75, 3.05) is 0 Å². The van der Waals surface area contributed by atoms with Gasteiger partial charge in [-0.25, -0.2) is 0 Å². The van der Waals surface area contributed by atoms with Crippen molar-refractivity contribution in [2.24, 2.45) is 11.8 Å². The zero-order valence-electron chi connectivity index (χ0n) is 14.5. The topological polar surface area (TPSA) is 159 Å². The van der Waals surface area contributed by atoms with Crippen LogP contribution in [-0.4, -0.2) is 59.6 Å². The Morgan fingerprint density at radius 3 is 2.00 bits per heavy atom. The summed E-state index contributed by atoms with van der Waals surface area (Å²) in [4.78, 5) is 11.2. The van der Waals surface area contributed by atoms with Crippen LogP contribution in [0.25, 0.3) is 0 Å². The van der Waals surface area contributed by atoms with E-state index in [2.05, 4.69) is 0 Å². The second-order valence-electron chi connectivity index (χ2n) is 7.36. The molecular weight excluding hydrogens is 332 g/mol. The van der Waals surface area contributed by atoms with Crippen molar-refractivity contribution >= 4 is 6.29 Å². The zero-order valence-corrected chi connectivity index (χ0v) is 14.5. The van der Waals surface area contributed by atoms with Crippen molar-refractivity contribution in [3.63, 3.8) is 0 Å². The Morgan fingerprint density at radius 2 is 1.48 bits per heavy atom. The average Bonchev–Trinajstić information content (AvgIpc) is 2.53. The third-order valence-corrected chi connectivity index (χ3v) is 5.18. The highest BCUT2D eigenvalue weighted by molar-refractivity contribution is 5.53. The van der Waals surface area contributed by atoms with E-state index in [1.54, 1.807) is 0 Å². The first kappa shape index (κ1) is 22.4. The Morgan fingerprint density at radius 1 is 0.880 bits per heavy atom. The molecule has 1 unspecified atom stereocenters. The van der Waals surface area contributed by atoms with Crippen LogP contribution in [0.15, 0.2) is 0 Å². The summed E-state index contributed by atoms with van der Waals surface area (Å²) in [6, 6.07) is 0. The van der Waals surface area contributed by atoms with Crippen molar-refractivity contribution in [1.29, 1.82) is 0 Å². The van der Waals surface area contributed by atoms with Gasteiger partial charge >= 0.3 is 11.8 Å². The normalized spacial score (nSPS) is 19.0. The van der Waals surface area contributed by atoms with Crippen LogP contribution in [0.2, 0.25) is 0 Å². The van der Waals surface area contributed by atoms with Crippen LogP contribution in [0.1, 0.15) is 70.6 Å². The van der Waals surface area contributed by atoms with Gasteiger partial charge in [-0.3, -0.25) is 0 Å². The third kappa shape index (κ3) is 6.56. The van der Waals surface area contributed by atoms with Crippen molar-refractivity contribution in [3.8, 4) is 0 Å². The summed E-state index contributed by atoms with van der Waals surface area (Å²) in [7, 11) is 0. The smallest absolute Gasteiger partial charge is 0.338 e. The van der Waals surface area contributed by atoms with Crippen LogP contribution in [0.3, 0.4) is 0 Å². The van der Waals surface area contributed by atoms with Gasteiger partial charge in [-0.1, -0.05) is 44.9 Å². The van der Waals surface area contributed by atoms with Crippen LogP contribution < -0.4 is 0 Å². The molecule has 148 valence electrons. The molecule has 0 saturated heterocycles. The van der Waals surface area contributed by atoms with E-state index in [1.807, 2.05) is 0 Å². The summed E-state index contributed by atoms with van der Waals surface area (Å²) in [5, 5.41) is 64.1. The molecule has 8 heteroatoms. The number of rotatable bonds is 11. The van der Waals surface area contributed by atoms with E-state index in [9.17, 15) is 25.2 Å². The number of carbonyl (C=O) groups is 1. The average molecular weight is 364 g/mol. The monoisotopic (exact) mass is 364 g/mol. The zero-order chi connectivity index (χ0) is 19.1. The molecule has 0 aromatic carbocycles. The number of hydrogen-bond acceptors (Lipinski definition) is 8. The van der Waals surface area contributed by atoms with Gasteiger partial charge in [0.05, 0.1) is 0 Å². The van der Waals surface area contributed by atoms with Crippen LogP contribution >= 0.6 is 0 Å². The van der Waals surface area contributed by atoms with Crippen molar-refractivity contribution in [3.05, 3.63) is 0 Å². The lowest BCUT2D eigenvalue weighted by molar-refractivity contribution is -0.509. The van der Waals surface area contributed by atoms with Crippen LogP contribution in [0.4, 0.5) is 0 Å². The van der Waals surface area contributed by atoms with Crippen LogP contribution in [-0.2, 0) is 4.79 Å². The number of unbranched alkanes of at least 4 members (excludes halogenated alkanes) is 2. The fraction of sp³-hybridized carbons (Fsp3) is 0.941. The molecule has 1 fully saturated rings. The number of hydrogen-bond donors (Lipinski definition) is 7. The van der Waals surface area contributed by atoms with Crippen LogP contribution in [0, 0.1) is 11.8 Å². The predicted molar refractivity (Wildman–Crippen MR) is 87.6 cm³/mol. The van der Waals surface area contributed by atoms with Gasteiger partial charge in [-0.2, -0.15) is 0 Å². The van der Waals surface area contributed by atoms with E-state index < -0.39 is 24.0 Å². The Kier molecular flexibility index (Phi) is 8.40. The molecule has 0 amide bonds. The van der Waals surface area contributed by atoms with Crippen molar-refractivity contribution < 1.29 is 40.5 Å². The minimum atomic E-state index is -4.07. The van der Waals surface area contributed by atoms with Gasteiger partial charge in [0, 0.05) is 12.3 Å². The van der Waals surface area contributed by atoms with Gasteiger partial charge < -0.3 is 40.5 Å². The van der Waals surface area contributed by atoms with Crippen molar-refractivity contribution in [2.45, 2.75) is 88.2 Å². The number of aliphatic hydroxyl groups is 7. The van der Waals surface area contributed by atoms with Gasteiger partial charge in [0.2, 0.25) is 5.79 Å². The molecule has 0 aliphatic heterocycles. The quantitative estimate of drug-likeness (QED) is 0.150. The van der Waals surface area contributed by atoms with Gasteiger partial charge in [0.25, 0.3) is 0 Å². The third-order valence-electron chi connectivity index (χ3n) is 5.18. The standard InChI is InChI=1S/C17H32O8/c18-12-14(11-13-7-3-1-4-8-13)9-5-2-6-10-15(19,20)16(21,22)17(23,24)25/h12-14,19-25H,1-11H2. The van der Waals surface area contributed by atoms with E-state index in [1.165, 1.54) is 32.1 Å². The van der Waals surface area contributed by atoms with E-state index in [-0.39, 0.29) is 12.3 Å². The van der Waals surface area contributed by atoms with Crippen molar-refractivity contribution in [1.82, 2.24) is 0 Å². The second-order valence-corrected chi connectivity index (χ2v) is 7.36. The second kappa shape index (κ2) is 9.36. The first-order chi connectivity index (χ1) is 11.5. The Balaban J connectivity index is 2.30. The van der Waals surface area contributed by atoms with E-state index in [0.717, 1.165) is 12.7 Å². The predicted octanol–water partition coefficient (Wildman–Crippen LogP) is -0.285. The maximum absolute atomic E-state index is 11.2. The molecule has 0 aromatic heterocycles. The fourth-order valence-corrected chi connectivity index (χ4v) is 3.49. The Hall–Kier alpha value is -0.610. The van der Waals surface area contributed by atoms with E-state index >= 15 is 0 Å². The number of carbonyl (C=O) groups excluding carboxylic acids is 1. The lowest BCUT2D eigenvalue weighted by Gasteiger charge is -2.39. The summed E-state index contributed by atoms with van der Waals surface area (Å²) in [5.74, 6) is -10.7. The van der Waals surface area contributed by atoms with Gasteiger partial charge in [-0.05, 0) is 25.2 Å². The molecule has 1 aliphatic carbocycles. The molecule has 1 saturated carbocycles. The summed E-state index contributed by atoms with van der Waals surface area (Å²) in [6.07, 6.45) is 9.27. The lowest BCUT2D eigenvalue weighted by atomic mass is 9.82. The maximum atomic E-state index is 11.2. The molecule has 0 radical (unpaired) electrons. The van der Waals surface area contributed by atoms with E-state index in [0.29, 0.717) is 25.2 Å². The SMILES string of the molecule is O=CC(CCCCCC(O)(O)C(O)(O)C(O)(O)O)CC1CCCCC1. The van der Waals surface area contributed by atoms with Gasteiger partial charge in [0.1, 0.15) is 6.29 Å². The summed E-state index contributed by atoms with van der Waals surface area (Å²) < 4.78 is 0. The highest BCUT2D eigenvalue weighted by atomic mass is 16.7. The molecule has 1 atom stereocenters. The highest BCUT2D eigenvalue weighted by Crippen LogP contribution is 2.32. The molecular formula is C17H32O8. The van der Waals surface area contributed by atoms with Gasteiger partial charge in [-0.15, -0.1) is 0 Å². The van der Waals surface area contributed by atoms with Crippen LogP contribution in [0.5, 0.6) is 0 Å². The summed E-state index contributed by atoms with van der Waals surface area (Å²) >= 11 is 0. The van der Waals surface area contributed by atoms with E-state index in [4.69, 9.17) is 15.3 Å². The first-order valence-corrected chi connectivity index (χ1v) is 9.03. The van der Waals surface area contributed by atoms with Gasteiger partial charge in [0.15, 0.2) is 0 Å². The largest absolute Gasteiger partial charge is 0.361 e. The lowest BCUT2D eigenvalue weighted by Crippen LogP contribution is -2.68. The summed E-state index contributed by atoms with van der Waals surface area (Å²) in [5.41, 5.74) is 0. The molecule has 8 nitrogen and oxygen atoms in total. The molecule has 0 spiro atoms. The molecule has 25 heavy (non-hydrogen) atoms. The summed E-state index contributed by atoms with van der Waals surface area (Å²) in [6.45, 7) is 0. The molecule has 7 N–H and O–H groups in total. The molecule has 0 aromatic rings. The fourth-order valence-electron chi connectivity index (χ4n) is 3.49. The minimum Gasteiger partial charge on any atom is -0.361 e. The molecule has 0 bridgehead atoms. The molecule has 0 heterocycles. The minimum absolute atomic E-state index is 0.0224. The highest BCUT2D eigenvalue weighted by Gasteiger charge is 2.61. The molecule has 1 aliphatic rings. The number of aldehydes is 1. The molecule has 1 rings (SSSR count).